The fraction of sp³-hybridized carbons (Fsp3) is 0.125. The first-order chi connectivity index (χ1) is 10.0. The first-order valence-electron chi connectivity index (χ1n) is 6.42. The van der Waals surface area contributed by atoms with Crippen molar-refractivity contribution in [1.82, 2.24) is 4.57 Å². The molecule has 0 saturated carbocycles. The highest BCUT2D eigenvalue weighted by Crippen LogP contribution is 2.17. The Hall–Kier alpha value is -2.33. The number of fused-ring (bicyclic) bond motifs is 1. The summed E-state index contributed by atoms with van der Waals surface area (Å²) in [6.07, 6.45) is 0.253. The number of carbonyl (C=O) groups is 1. The standard InChI is InChI=1S/C16H12ClNO3/c1-18-13-6-5-11(9-15(13)21-16(18)20)14(19)8-10-3-2-4-12(17)7-10/h2-7,9H,8H2,1H3. The van der Waals surface area contributed by atoms with Crippen molar-refractivity contribution in [2.45, 2.75) is 6.42 Å². The fourth-order valence-electron chi connectivity index (χ4n) is 2.24. The van der Waals surface area contributed by atoms with Gasteiger partial charge in [-0.25, -0.2) is 4.79 Å². The van der Waals surface area contributed by atoms with Gasteiger partial charge >= 0.3 is 5.76 Å². The first-order valence-corrected chi connectivity index (χ1v) is 6.79. The van der Waals surface area contributed by atoms with Gasteiger partial charge in [0.05, 0.1) is 5.52 Å². The zero-order valence-corrected chi connectivity index (χ0v) is 12.1. The first kappa shape index (κ1) is 13.6. The maximum absolute atomic E-state index is 12.3. The van der Waals surface area contributed by atoms with Gasteiger partial charge in [0, 0.05) is 24.1 Å². The van der Waals surface area contributed by atoms with Gasteiger partial charge in [0.2, 0.25) is 0 Å². The van der Waals surface area contributed by atoms with Crippen molar-refractivity contribution >= 4 is 28.5 Å². The molecule has 0 fully saturated rings. The Morgan fingerprint density at radius 2 is 2.05 bits per heavy atom. The van der Waals surface area contributed by atoms with Crippen molar-refractivity contribution in [2.24, 2.45) is 7.05 Å². The van der Waals surface area contributed by atoms with E-state index in [1.165, 1.54) is 4.57 Å². The minimum absolute atomic E-state index is 0.0503. The number of nitrogens with zero attached hydrogens (tertiary/aromatic N) is 1. The third-order valence-corrected chi connectivity index (χ3v) is 3.60. The molecule has 0 unspecified atom stereocenters. The predicted octanol–water partition coefficient (Wildman–Crippen LogP) is 3.21. The fourth-order valence-corrected chi connectivity index (χ4v) is 2.45. The normalized spacial score (nSPS) is 11.0. The molecule has 0 amide bonds. The second kappa shape index (κ2) is 5.22. The Balaban J connectivity index is 1.93. The quantitative estimate of drug-likeness (QED) is 0.698. The number of aryl methyl sites for hydroxylation is 1. The van der Waals surface area contributed by atoms with Crippen molar-refractivity contribution in [1.29, 1.82) is 0 Å². The highest BCUT2D eigenvalue weighted by atomic mass is 35.5. The Morgan fingerprint density at radius 3 is 2.81 bits per heavy atom. The van der Waals surface area contributed by atoms with Crippen LogP contribution in [-0.4, -0.2) is 10.4 Å². The molecule has 0 spiro atoms. The van der Waals surface area contributed by atoms with Crippen LogP contribution in [0, 0.1) is 0 Å². The van der Waals surface area contributed by atoms with E-state index in [-0.39, 0.29) is 12.2 Å². The van der Waals surface area contributed by atoms with Crippen molar-refractivity contribution in [3.8, 4) is 0 Å². The minimum Gasteiger partial charge on any atom is -0.408 e. The summed E-state index contributed by atoms with van der Waals surface area (Å²) in [5.74, 6) is -0.491. The summed E-state index contributed by atoms with van der Waals surface area (Å²) in [4.78, 5) is 23.7. The molecule has 0 aliphatic carbocycles. The lowest BCUT2D eigenvalue weighted by atomic mass is 10.0. The number of ketones is 1. The average Bonchev–Trinajstić information content (AvgIpc) is 2.73. The molecule has 3 rings (SSSR count). The van der Waals surface area contributed by atoms with Crippen LogP contribution in [0.3, 0.4) is 0 Å². The summed E-state index contributed by atoms with van der Waals surface area (Å²) in [6, 6.07) is 12.2. The Labute approximate surface area is 125 Å². The molecule has 0 N–H and O–H groups in total. The van der Waals surface area contributed by atoms with Gasteiger partial charge in [-0.15, -0.1) is 0 Å². The van der Waals surface area contributed by atoms with Gasteiger partial charge in [-0.05, 0) is 35.9 Å². The van der Waals surface area contributed by atoms with E-state index in [4.69, 9.17) is 16.0 Å². The van der Waals surface area contributed by atoms with E-state index in [9.17, 15) is 9.59 Å². The Morgan fingerprint density at radius 1 is 1.24 bits per heavy atom. The number of Topliss-reactive ketones (excluding diaryl/α,β-unsaturated/α-hetero) is 1. The molecule has 0 atom stereocenters. The molecule has 21 heavy (non-hydrogen) atoms. The lowest BCUT2D eigenvalue weighted by Gasteiger charge is -2.02. The van der Waals surface area contributed by atoms with Gasteiger partial charge in [-0.2, -0.15) is 0 Å². The van der Waals surface area contributed by atoms with Crippen molar-refractivity contribution < 1.29 is 9.21 Å². The average molecular weight is 302 g/mol. The SMILES string of the molecule is Cn1c(=O)oc2cc(C(=O)Cc3cccc(Cl)c3)ccc21. The molecule has 0 saturated heterocycles. The van der Waals surface area contributed by atoms with Gasteiger partial charge < -0.3 is 4.42 Å². The molecule has 4 nitrogen and oxygen atoms in total. The van der Waals surface area contributed by atoms with Crippen LogP contribution in [-0.2, 0) is 13.5 Å². The topological polar surface area (TPSA) is 52.2 Å². The van der Waals surface area contributed by atoms with E-state index >= 15 is 0 Å². The number of aromatic nitrogens is 1. The molecular weight excluding hydrogens is 290 g/mol. The lowest BCUT2D eigenvalue weighted by molar-refractivity contribution is 0.0993. The smallest absolute Gasteiger partial charge is 0.408 e. The monoisotopic (exact) mass is 301 g/mol. The van der Waals surface area contributed by atoms with Crippen LogP contribution < -0.4 is 5.76 Å². The number of carbonyl (C=O) groups excluding carboxylic acids is 1. The van der Waals surface area contributed by atoms with Crippen LogP contribution in [0.4, 0.5) is 0 Å². The molecule has 0 aliphatic heterocycles. The van der Waals surface area contributed by atoms with Gasteiger partial charge in [-0.1, -0.05) is 23.7 Å². The van der Waals surface area contributed by atoms with E-state index in [1.807, 2.05) is 12.1 Å². The molecule has 1 heterocycles. The lowest BCUT2D eigenvalue weighted by Crippen LogP contribution is -2.08. The summed E-state index contributed by atoms with van der Waals surface area (Å²) in [5.41, 5.74) is 2.44. The summed E-state index contributed by atoms with van der Waals surface area (Å²) in [7, 11) is 1.63. The molecular formula is C16H12ClNO3. The number of hydrogen-bond donors (Lipinski definition) is 0. The van der Waals surface area contributed by atoms with E-state index in [1.54, 1.807) is 37.4 Å². The predicted molar refractivity (Wildman–Crippen MR) is 80.9 cm³/mol. The number of benzene rings is 2. The van der Waals surface area contributed by atoms with Crippen LogP contribution in [0.5, 0.6) is 0 Å². The van der Waals surface area contributed by atoms with Gasteiger partial charge in [0.25, 0.3) is 0 Å². The maximum atomic E-state index is 12.3. The molecule has 106 valence electrons. The Bertz CT molecular complexity index is 892. The van der Waals surface area contributed by atoms with Crippen molar-refractivity contribution in [3.63, 3.8) is 0 Å². The summed E-state index contributed by atoms with van der Waals surface area (Å²) in [6.45, 7) is 0. The van der Waals surface area contributed by atoms with Crippen LogP contribution in [0.15, 0.2) is 51.7 Å². The summed E-state index contributed by atoms with van der Waals surface area (Å²) in [5, 5.41) is 0.602. The number of hydrogen-bond acceptors (Lipinski definition) is 3. The van der Waals surface area contributed by atoms with Crippen molar-refractivity contribution in [2.75, 3.05) is 0 Å². The minimum atomic E-state index is -0.440. The van der Waals surface area contributed by atoms with E-state index in [0.717, 1.165) is 5.56 Å². The second-order valence-corrected chi connectivity index (χ2v) is 5.28. The zero-order chi connectivity index (χ0) is 15.0. The van der Waals surface area contributed by atoms with Crippen molar-refractivity contribution in [3.05, 3.63) is 69.2 Å². The largest absolute Gasteiger partial charge is 0.419 e. The molecule has 3 aromatic rings. The molecule has 0 aliphatic rings. The third-order valence-electron chi connectivity index (χ3n) is 3.37. The van der Waals surface area contributed by atoms with Gasteiger partial charge in [-0.3, -0.25) is 9.36 Å². The van der Waals surface area contributed by atoms with E-state index in [0.29, 0.717) is 21.7 Å². The highest BCUT2D eigenvalue weighted by molar-refractivity contribution is 6.30. The van der Waals surface area contributed by atoms with Gasteiger partial charge in [0.15, 0.2) is 11.4 Å². The number of halogens is 1. The molecule has 0 radical (unpaired) electrons. The maximum Gasteiger partial charge on any atom is 0.419 e. The van der Waals surface area contributed by atoms with E-state index in [2.05, 4.69) is 0 Å². The molecule has 0 bridgehead atoms. The summed E-state index contributed by atoms with van der Waals surface area (Å²) < 4.78 is 6.50. The van der Waals surface area contributed by atoms with E-state index < -0.39 is 5.76 Å². The molecule has 2 aromatic carbocycles. The number of oxazole rings is 1. The Kier molecular flexibility index (Phi) is 3.39. The molecule has 5 heteroatoms. The zero-order valence-electron chi connectivity index (χ0n) is 11.3. The van der Waals surface area contributed by atoms with Gasteiger partial charge in [0.1, 0.15) is 0 Å². The van der Waals surface area contributed by atoms with Crippen LogP contribution in [0.25, 0.3) is 11.1 Å². The third kappa shape index (κ3) is 2.62. The van der Waals surface area contributed by atoms with Crippen LogP contribution in [0.2, 0.25) is 5.02 Å². The highest BCUT2D eigenvalue weighted by Gasteiger charge is 2.12. The van der Waals surface area contributed by atoms with Crippen LogP contribution in [0.1, 0.15) is 15.9 Å². The second-order valence-electron chi connectivity index (χ2n) is 4.84. The number of rotatable bonds is 3. The van der Waals surface area contributed by atoms with Crippen LogP contribution >= 0.6 is 11.6 Å². The summed E-state index contributed by atoms with van der Waals surface area (Å²) >= 11 is 5.91. The molecule has 1 aromatic heterocycles.